The molecule has 0 aromatic heterocycles. The lowest BCUT2D eigenvalue weighted by Crippen LogP contribution is -2.26. The number of carboxylic acid groups (broad SMARTS) is 1. The summed E-state index contributed by atoms with van der Waals surface area (Å²) in [5.41, 5.74) is 3.11. The standard InChI is InChI=1S/C19H21NO4/c1-13-9-16(10-14(2)18(13)24-12-17(21)22)19(23)20(3)11-15-7-5-4-6-8-15/h4-10H,11-12H2,1-3H3,(H,21,22). The Bertz CT molecular complexity index is 717. The Morgan fingerprint density at radius 1 is 1.08 bits per heavy atom. The normalized spacial score (nSPS) is 10.3. The molecule has 0 unspecified atom stereocenters. The maximum atomic E-state index is 12.6. The minimum atomic E-state index is -1.03. The van der Waals surface area contributed by atoms with E-state index in [1.54, 1.807) is 37.9 Å². The second-order valence-electron chi connectivity index (χ2n) is 5.77. The monoisotopic (exact) mass is 327 g/mol. The molecule has 0 saturated carbocycles. The molecule has 0 saturated heterocycles. The van der Waals surface area contributed by atoms with E-state index in [0.29, 0.717) is 17.9 Å². The molecule has 24 heavy (non-hydrogen) atoms. The highest BCUT2D eigenvalue weighted by Crippen LogP contribution is 2.25. The van der Waals surface area contributed by atoms with Gasteiger partial charge in [-0.05, 0) is 42.7 Å². The zero-order valence-electron chi connectivity index (χ0n) is 14.1. The van der Waals surface area contributed by atoms with Crippen LogP contribution in [0.2, 0.25) is 0 Å². The van der Waals surface area contributed by atoms with E-state index in [1.165, 1.54) is 0 Å². The van der Waals surface area contributed by atoms with E-state index in [0.717, 1.165) is 16.7 Å². The largest absolute Gasteiger partial charge is 0.481 e. The van der Waals surface area contributed by atoms with Crippen LogP contribution in [0.3, 0.4) is 0 Å². The van der Waals surface area contributed by atoms with Crippen LogP contribution >= 0.6 is 0 Å². The first-order valence-electron chi connectivity index (χ1n) is 7.63. The van der Waals surface area contributed by atoms with Crippen LogP contribution in [0, 0.1) is 13.8 Å². The Labute approximate surface area is 141 Å². The summed E-state index contributed by atoms with van der Waals surface area (Å²) in [6.45, 7) is 3.73. The van der Waals surface area contributed by atoms with Gasteiger partial charge in [-0.15, -0.1) is 0 Å². The summed E-state index contributed by atoms with van der Waals surface area (Å²) in [6.07, 6.45) is 0. The fourth-order valence-corrected chi connectivity index (χ4v) is 2.58. The number of ether oxygens (including phenoxy) is 1. The third-order valence-electron chi connectivity index (χ3n) is 3.66. The SMILES string of the molecule is Cc1cc(C(=O)N(C)Cc2ccccc2)cc(C)c1OCC(=O)O. The quantitative estimate of drug-likeness (QED) is 0.885. The van der Waals surface area contributed by atoms with Crippen LogP contribution in [-0.4, -0.2) is 35.5 Å². The number of nitrogens with zero attached hydrogens (tertiary/aromatic N) is 1. The van der Waals surface area contributed by atoms with Crippen molar-refractivity contribution in [1.82, 2.24) is 4.90 Å². The van der Waals surface area contributed by atoms with Crippen LogP contribution in [0.1, 0.15) is 27.0 Å². The number of benzene rings is 2. The number of hydrogen-bond donors (Lipinski definition) is 1. The van der Waals surface area contributed by atoms with Crippen molar-refractivity contribution in [2.75, 3.05) is 13.7 Å². The van der Waals surface area contributed by atoms with Crippen LogP contribution in [0.4, 0.5) is 0 Å². The smallest absolute Gasteiger partial charge is 0.341 e. The number of carbonyl (C=O) groups is 2. The van der Waals surface area contributed by atoms with Gasteiger partial charge in [-0.2, -0.15) is 0 Å². The number of amides is 1. The van der Waals surface area contributed by atoms with E-state index >= 15 is 0 Å². The molecular weight excluding hydrogens is 306 g/mol. The first-order valence-corrected chi connectivity index (χ1v) is 7.63. The number of aliphatic carboxylic acids is 1. The molecule has 0 fully saturated rings. The van der Waals surface area contributed by atoms with Crippen molar-refractivity contribution in [3.63, 3.8) is 0 Å². The van der Waals surface area contributed by atoms with E-state index < -0.39 is 12.6 Å². The molecule has 0 bridgehead atoms. The van der Waals surface area contributed by atoms with Crippen molar-refractivity contribution in [2.45, 2.75) is 20.4 Å². The van der Waals surface area contributed by atoms with Gasteiger partial charge in [-0.3, -0.25) is 4.79 Å². The average molecular weight is 327 g/mol. The molecule has 0 atom stereocenters. The zero-order valence-corrected chi connectivity index (χ0v) is 14.1. The fourth-order valence-electron chi connectivity index (χ4n) is 2.58. The van der Waals surface area contributed by atoms with Crippen LogP contribution in [0.25, 0.3) is 0 Å². The van der Waals surface area contributed by atoms with Crippen molar-refractivity contribution in [2.24, 2.45) is 0 Å². The minimum Gasteiger partial charge on any atom is -0.481 e. The number of aryl methyl sites for hydroxylation is 2. The van der Waals surface area contributed by atoms with E-state index in [2.05, 4.69) is 0 Å². The van der Waals surface area contributed by atoms with E-state index in [9.17, 15) is 9.59 Å². The summed E-state index contributed by atoms with van der Waals surface area (Å²) in [7, 11) is 1.76. The summed E-state index contributed by atoms with van der Waals surface area (Å²) >= 11 is 0. The number of carbonyl (C=O) groups excluding carboxylic acids is 1. The fraction of sp³-hybridized carbons (Fsp3) is 0.263. The Kier molecular flexibility index (Phi) is 5.58. The van der Waals surface area contributed by atoms with Gasteiger partial charge in [0.05, 0.1) is 0 Å². The highest BCUT2D eigenvalue weighted by molar-refractivity contribution is 5.94. The van der Waals surface area contributed by atoms with Crippen molar-refractivity contribution < 1.29 is 19.4 Å². The van der Waals surface area contributed by atoms with Gasteiger partial charge in [0.15, 0.2) is 6.61 Å². The molecule has 5 heteroatoms. The van der Waals surface area contributed by atoms with Crippen LogP contribution in [-0.2, 0) is 11.3 Å². The lowest BCUT2D eigenvalue weighted by Gasteiger charge is -2.19. The predicted octanol–water partition coefficient (Wildman–Crippen LogP) is 3.04. The van der Waals surface area contributed by atoms with Crippen molar-refractivity contribution >= 4 is 11.9 Å². The van der Waals surface area contributed by atoms with Gasteiger partial charge in [0.25, 0.3) is 5.91 Å². The molecule has 2 aromatic rings. The second-order valence-corrected chi connectivity index (χ2v) is 5.77. The summed E-state index contributed by atoms with van der Waals surface area (Å²) in [5, 5.41) is 8.73. The first kappa shape index (κ1) is 17.5. The predicted molar refractivity (Wildman–Crippen MR) is 91.3 cm³/mol. The maximum Gasteiger partial charge on any atom is 0.341 e. The molecule has 126 valence electrons. The Balaban J connectivity index is 2.16. The molecular formula is C19H21NO4. The van der Waals surface area contributed by atoms with E-state index in [4.69, 9.17) is 9.84 Å². The van der Waals surface area contributed by atoms with Gasteiger partial charge in [0.1, 0.15) is 5.75 Å². The molecule has 1 amide bonds. The highest BCUT2D eigenvalue weighted by Gasteiger charge is 2.16. The molecule has 2 aromatic carbocycles. The zero-order chi connectivity index (χ0) is 17.7. The first-order chi connectivity index (χ1) is 11.4. The van der Waals surface area contributed by atoms with Gasteiger partial charge in [-0.25, -0.2) is 4.79 Å². The Hall–Kier alpha value is -2.82. The van der Waals surface area contributed by atoms with E-state index in [-0.39, 0.29) is 5.91 Å². The summed E-state index contributed by atoms with van der Waals surface area (Å²) in [4.78, 5) is 24.9. The van der Waals surface area contributed by atoms with E-state index in [1.807, 2.05) is 30.3 Å². The third-order valence-corrected chi connectivity index (χ3v) is 3.66. The topological polar surface area (TPSA) is 66.8 Å². The molecule has 2 rings (SSSR count). The summed E-state index contributed by atoms with van der Waals surface area (Å²) < 4.78 is 5.30. The molecule has 0 aliphatic heterocycles. The van der Waals surface area contributed by atoms with Crippen LogP contribution in [0.5, 0.6) is 5.75 Å². The summed E-state index contributed by atoms with van der Waals surface area (Å²) in [6, 6.07) is 13.2. The van der Waals surface area contributed by atoms with Crippen molar-refractivity contribution in [3.8, 4) is 5.75 Å². The molecule has 0 radical (unpaired) electrons. The van der Waals surface area contributed by atoms with Gasteiger partial charge >= 0.3 is 5.97 Å². The van der Waals surface area contributed by atoms with Crippen molar-refractivity contribution in [1.29, 1.82) is 0 Å². The Morgan fingerprint density at radius 2 is 1.67 bits per heavy atom. The minimum absolute atomic E-state index is 0.0881. The second kappa shape index (κ2) is 7.64. The lowest BCUT2D eigenvalue weighted by molar-refractivity contribution is -0.139. The number of rotatable bonds is 6. The average Bonchev–Trinajstić information content (AvgIpc) is 2.53. The molecule has 1 N–H and O–H groups in total. The van der Waals surface area contributed by atoms with Gasteiger partial charge in [0.2, 0.25) is 0 Å². The molecule has 5 nitrogen and oxygen atoms in total. The van der Waals surface area contributed by atoms with Crippen LogP contribution in [0.15, 0.2) is 42.5 Å². The van der Waals surface area contributed by atoms with Gasteiger partial charge in [-0.1, -0.05) is 30.3 Å². The van der Waals surface area contributed by atoms with Crippen molar-refractivity contribution in [3.05, 3.63) is 64.7 Å². The maximum absolute atomic E-state index is 12.6. The number of carboxylic acids is 1. The number of hydrogen-bond acceptors (Lipinski definition) is 3. The third kappa shape index (κ3) is 4.35. The van der Waals surface area contributed by atoms with Crippen LogP contribution < -0.4 is 4.74 Å². The lowest BCUT2D eigenvalue weighted by atomic mass is 10.0. The molecule has 0 aliphatic carbocycles. The van der Waals surface area contributed by atoms with Gasteiger partial charge in [0, 0.05) is 19.2 Å². The molecule has 0 heterocycles. The Morgan fingerprint density at radius 3 is 2.21 bits per heavy atom. The highest BCUT2D eigenvalue weighted by atomic mass is 16.5. The summed E-state index contributed by atoms with van der Waals surface area (Å²) in [5.74, 6) is -0.606. The molecule has 0 aliphatic rings. The van der Waals surface area contributed by atoms with Gasteiger partial charge < -0.3 is 14.7 Å². The molecule has 0 spiro atoms.